The molecule has 0 unspecified atom stereocenters. The molecule has 0 radical (unpaired) electrons. The Bertz CT molecular complexity index is 312. The molecular formula is C15H29N3S. The van der Waals surface area contributed by atoms with Gasteiger partial charge in [-0.05, 0) is 43.6 Å². The third-order valence-corrected chi connectivity index (χ3v) is 4.31. The number of unbranched alkanes of at least 4 members (excludes halogenated alkanes) is 4. The molecule has 0 saturated heterocycles. The smallest absolute Gasteiger partial charge is 0.0827 e. The summed E-state index contributed by atoms with van der Waals surface area (Å²) < 4.78 is 1.96. The summed E-state index contributed by atoms with van der Waals surface area (Å²) in [4.78, 5) is 0. The minimum Gasteiger partial charge on any atom is -0.252 e. The number of rotatable bonds is 12. The third-order valence-electron chi connectivity index (χ3n) is 3.15. The van der Waals surface area contributed by atoms with Crippen molar-refractivity contribution in [2.45, 2.75) is 71.8 Å². The first-order chi connectivity index (χ1) is 9.36. The summed E-state index contributed by atoms with van der Waals surface area (Å²) in [6.45, 7) is 5.42. The standard InChI is InChI=1S/C15H29N3S/c1-3-5-6-8-12-19-13-9-7-10-15-14-18(11-4-2)17-16-15/h14H,3-13H2,1-2H3. The predicted molar refractivity (Wildman–Crippen MR) is 84.7 cm³/mol. The highest BCUT2D eigenvalue weighted by Gasteiger charge is 2.00. The maximum atomic E-state index is 4.21. The van der Waals surface area contributed by atoms with Crippen LogP contribution in [0.1, 0.15) is 64.5 Å². The normalized spacial score (nSPS) is 11.1. The van der Waals surface area contributed by atoms with Crippen LogP contribution >= 0.6 is 11.8 Å². The monoisotopic (exact) mass is 283 g/mol. The summed E-state index contributed by atoms with van der Waals surface area (Å²) in [7, 11) is 0. The fraction of sp³-hybridized carbons (Fsp3) is 0.867. The third kappa shape index (κ3) is 8.30. The highest BCUT2D eigenvalue weighted by molar-refractivity contribution is 7.99. The molecule has 4 heteroatoms. The molecule has 1 aromatic heterocycles. The Kier molecular flexibility index (Phi) is 9.86. The van der Waals surface area contributed by atoms with Crippen LogP contribution in [0.3, 0.4) is 0 Å². The fourth-order valence-corrected chi connectivity index (χ4v) is 3.06. The van der Waals surface area contributed by atoms with Gasteiger partial charge in [-0.25, -0.2) is 0 Å². The van der Waals surface area contributed by atoms with E-state index in [0.29, 0.717) is 0 Å². The van der Waals surface area contributed by atoms with Crippen LogP contribution < -0.4 is 0 Å². The van der Waals surface area contributed by atoms with Crippen molar-refractivity contribution in [2.24, 2.45) is 0 Å². The van der Waals surface area contributed by atoms with Crippen LogP contribution in [0.5, 0.6) is 0 Å². The molecule has 3 nitrogen and oxygen atoms in total. The molecule has 0 fully saturated rings. The van der Waals surface area contributed by atoms with E-state index in [1.807, 2.05) is 4.68 Å². The lowest BCUT2D eigenvalue weighted by atomic mass is 10.2. The molecule has 0 saturated carbocycles. The Hall–Kier alpha value is -0.510. The molecule has 1 rings (SSSR count). The average molecular weight is 283 g/mol. The van der Waals surface area contributed by atoms with Crippen LogP contribution in [0.25, 0.3) is 0 Å². The van der Waals surface area contributed by atoms with Gasteiger partial charge in [0, 0.05) is 12.7 Å². The molecule has 0 aliphatic carbocycles. The molecule has 0 N–H and O–H groups in total. The van der Waals surface area contributed by atoms with Crippen molar-refractivity contribution in [1.82, 2.24) is 15.0 Å². The SMILES string of the molecule is CCCCCCSCCCCc1cn(CCC)nn1. The zero-order valence-corrected chi connectivity index (χ0v) is 13.4. The number of hydrogen-bond acceptors (Lipinski definition) is 3. The van der Waals surface area contributed by atoms with E-state index in [1.165, 1.54) is 50.0 Å². The highest BCUT2D eigenvalue weighted by atomic mass is 32.2. The van der Waals surface area contributed by atoms with E-state index in [9.17, 15) is 0 Å². The van der Waals surface area contributed by atoms with E-state index < -0.39 is 0 Å². The number of thioether (sulfide) groups is 1. The zero-order chi connectivity index (χ0) is 13.8. The van der Waals surface area contributed by atoms with Gasteiger partial charge in [-0.2, -0.15) is 11.8 Å². The van der Waals surface area contributed by atoms with Crippen LogP contribution in [-0.4, -0.2) is 26.5 Å². The van der Waals surface area contributed by atoms with Crippen LogP contribution in [0.15, 0.2) is 6.20 Å². The maximum Gasteiger partial charge on any atom is 0.0827 e. The van der Waals surface area contributed by atoms with Gasteiger partial charge in [0.15, 0.2) is 0 Å². The van der Waals surface area contributed by atoms with Gasteiger partial charge in [-0.1, -0.05) is 38.3 Å². The van der Waals surface area contributed by atoms with E-state index in [0.717, 1.165) is 25.1 Å². The largest absolute Gasteiger partial charge is 0.252 e. The Morgan fingerprint density at radius 3 is 2.53 bits per heavy atom. The van der Waals surface area contributed by atoms with Crippen molar-refractivity contribution in [1.29, 1.82) is 0 Å². The lowest BCUT2D eigenvalue weighted by Crippen LogP contribution is -1.96. The molecule has 0 bridgehead atoms. The van der Waals surface area contributed by atoms with E-state index in [2.05, 4.69) is 42.1 Å². The van der Waals surface area contributed by atoms with E-state index in [-0.39, 0.29) is 0 Å². The van der Waals surface area contributed by atoms with Gasteiger partial charge in [0.05, 0.1) is 5.69 Å². The minimum absolute atomic E-state index is 0.987. The summed E-state index contributed by atoms with van der Waals surface area (Å²) in [6, 6.07) is 0. The summed E-state index contributed by atoms with van der Waals surface area (Å²) in [5.74, 6) is 2.64. The summed E-state index contributed by atoms with van der Waals surface area (Å²) in [6.07, 6.45) is 12.4. The van der Waals surface area contributed by atoms with Gasteiger partial charge in [0.25, 0.3) is 0 Å². The number of hydrogen-bond donors (Lipinski definition) is 0. The van der Waals surface area contributed by atoms with Gasteiger partial charge in [0.1, 0.15) is 0 Å². The van der Waals surface area contributed by atoms with Crippen LogP contribution in [-0.2, 0) is 13.0 Å². The Balaban J connectivity index is 1.92. The summed E-state index contributed by atoms with van der Waals surface area (Å²) >= 11 is 2.11. The molecule has 0 amide bonds. The van der Waals surface area contributed by atoms with E-state index in [1.54, 1.807) is 0 Å². The summed E-state index contributed by atoms with van der Waals surface area (Å²) in [5, 5.41) is 8.33. The second-order valence-corrected chi connectivity index (χ2v) is 6.33. The molecule has 0 spiro atoms. The predicted octanol–water partition coefficient (Wildman–Crippen LogP) is 4.32. The van der Waals surface area contributed by atoms with Gasteiger partial charge in [-0.15, -0.1) is 5.10 Å². The fourth-order valence-electron chi connectivity index (χ4n) is 2.03. The van der Waals surface area contributed by atoms with Crippen molar-refractivity contribution in [3.05, 3.63) is 11.9 Å². The Morgan fingerprint density at radius 2 is 1.79 bits per heavy atom. The molecule has 19 heavy (non-hydrogen) atoms. The maximum absolute atomic E-state index is 4.21. The van der Waals surface area contributed by atoms with Gasteiger partial charge < -0.3 is 0 Å². The Morgan fingerprint density at radius 1 is 1.00 bits per heavy atom. The second kappa shape index (κ2) is 11.3. The van der Waals surface area contributed by atoms with E-state index >= 15 is 0 Å². The molecule has 0 aliphatic heterocycles. The Labute approximate surface area is 122 Å². The van der Waals surface area contributed by atoms with Crippen LogP contribution in [0.4, 0.5) is 0 Å². The lowest BCUT2D eigenvalue weighted by molar-refractivity contribution is 0.578. The van der Waals surface area contributed by atoms with Crippen molar-refractivity contribution < 1.29 is 0 Å². The van der Waals surface area contributed by atoms with Crippen molar-refractivity contribution in [3.63, 3.8) is 0 Å². The number of nitrogens with zero attached hydrogens (tertiary/aromatic N) is 3. The van der Waals surface area contributed by atoms with Crippen LogP contribution in [0.2, 0.25) is 0 Å². The molecule has 1 aromatic rings. The van der Waals surface area contributed by atoms with Gasteiger partial charge >= 0.3 is 0 Å². The van der Waals surface area contributed by atoms with Crippen molar-refractivity contribution in [2.75, 3.05) is 11.5 Å². The lowest BCUT2D eigenvalue weighted by Gasteiger charge is -2.01. The topological polar surface area (TPSA) is 30.7 Å². The van der Waals surface area contributed by atoms with E-state index in [4.69, 9.17) is 0 Å². The molecule has 1 heterocycles. The number of aryl methyl sites for hydroxylation is 2. The van der Waals surface area contributed by atoms with Crippen molar-refractivity contribution in [3.8, 4) is 0 Å². The van der Waals surface area contributed by atoms with Gasteiger partial charge in [0.2, 0.25) is 0 Å². The first-order valence-electron chi connectivity index (χ1n) is 7.83. The molecule has 0 aliphatic rings. The highest BCUT2D eigenvalue weighted by Crippen LogP contribution is 2.11. The van der Waals surface area contributed by atoms with Crippen LogP contribution in [0, 0.1) is 0 Å². The molecule has 110 valence electrons. The zero-order valence-electron chi connectivity index (χ0n) is 12.6. The minimum atomic E-state index is 0.987. The molecule has 0 aromatic carbocycles. The quantitative estimate of drug-likeness (QED) is 0.535. The summed E-state index contributed by atoms with van der Waals surface area (Å²) in [5.41, 5.74) is 1.15. The molecular weight excluding hydrogens is 254 g/mol. The van der Waals surface area contributed by atoms with Gasteiger partial charge in [-0.3, -0.25) is 4.68 Å². The average Bonchev–Trinajstić information content (AvgIpc) is 2.85. The second-order valence-electron chi connectivity index (χ2n) is 5.10. The first kappa shape index (κ1) is 16.5. The molecule has 0 atom stereocenters. The van der Waals surface area contributed by atoms with Crippen molar-refractivity contribution >= 4 is 11.8 Å². The first-order valence-corrected chi connectivity index (χ1v) is 8.99. The number of aromatic nitrogens is 3.